The average Bonchev–Trinajstić information content (AvgIpc) is 3.13. The molecule has 1 heterocycles. The summed E-state index contributed by atoms with van der Waals surface area (Å²) in [6, 6.07) is 47.2. The van der Waals surface area contributed by atoms with Crippen LogP contribution in [0, 0.1) is 10.8 Å². The van der Waals surface area contributed by atoms with Gasteiger partial charge in [0.05, 0.1) is 11.4 Å². The maximum absolute atomic E-state index is 8.68. The number of nitrogens with one attached hydrogen (secondary N) is 2. The van der Waals surface area contributed by atoms with E-state index >= 15 is 0 Å². The van der Waals surface area contributed by atoms with Gasteiger partial charge in [0.25, 0.3) is 0 Å². The van der Waals surface area contributed by atoms with E-state index in [1.54, 1.807) is 6.08 Å². The van der Waals surface area contributed by atoms with Crippen molar-refractivity contribution in [3.8, 4) is 56.4 Å². The Kier molecular flexibility index (Phi) is 6.69. The molecule has 0 saturated carbocycles. The highest BCUT2D eigenvalue weighted by atomic mass is 15.0. The highest BCUT2D eigenvalue weighted by molar-refractivity contribution is 6.53. The summed E-state index contributed by atoms with van der Waals surface area (Å²) in [6.07, 6.45) is 3.60. The van der Waals surface area contributed by atoms with Gasteiger partial charge in [0.15, 0.2) is 17.5 Å². The molecule has 8 rings (SSSR count). The molecule has 0 spiro atoms. The number of aromatic nitrogens is 3. The predicted octanol–water partition coefficient (Wildman–Crippen LogP) is 9.77. The first-order chi connectivity index (χ1) is 22.6. The van der Waals surface area contributed by atoms with Crippen LogP contribution in [-0.2, 0) is 0 Å². The molecule has 0 saturated heterocycles. The minimum atomic E-state index is 0.216. The monoisotopic (exact) mass is 589 g/mol. The van der Waals surface area contributed by atoms with Crippen LogP contribution in [0.1, 0.15) is 11.1 Å². The first-order valence-electron chi connectivity index (χ1n) is 15.1. The van der Waals surface area contributed by atoms with E-state index in [1.807, 2.05) is 78.9 Å². The van der Waals surface area contributed by atoms with Crippen LogP contribution in [0.3, 0.4) is 0 Å². The van der Waals surface area contributed by atoms with Gasteiger partial charge in [-0.25, -0.2) is 15.0 Å². The largest absolute Gasteiger partial charge is 0.299 e. The molecule has 1 aliphatic rings. The van der Waals surface area contributed by atoms with Gasteiger partial charge in [0.2, 0.25) is 0 Å². The Morgan fingerprint density at radius 1 is 0.413 bits per heavy atom. The lowest BCUT2D eigenvalue weighted by Crippen LogP contribution is -2.16. The third-order valence-corrected chi connectivity index (χ3v) is 8.40. The number of hydrogen-bond acceptors (Lipinski definition) is 5. The molecule has 0 bridgehead atoms. The molecule has 7 aromatic rings. The smallest absolute Gasteiger partial charge is 0.164 e. The number of hydrogen-bond donors (Lipinski definition) is 2. The van der Waals surface area contributed by atoms with Gasteiger partial charge in [-0.1, -0.05) is 140 Å². The molecular weight excluding hydrogens is 562 g/mol. The lowest BCUT2D eigenvalue weighted by Gasteiger charge is -2.17. The van der Waals surface area contributed by atoms with Gasteiger partial charge in [-0.05, 0) is 50.7 Å². The minimum absolute atomic E-state index is 0.216. The quantitative estimate of drug-likeness (QED) is 0.210. The normalized spacial score (nSPS) is 12.3. The highest BCUT2D eigenvalue weighted by Gasteiger charge is 2.20. The second-order valence-electron chi connectivity index (χ2n) is 11.2. The fourth-order valence-corrected chi connectivity index (χ4v) is 6.03. The Balaban J connectivity index is 1.28. The second kappa shape index (κ2) is 11.3. The van der Waals surface area contributed by atoms with Gasteiger partial charge in [0, 0.05) is 22.3 Å². The molecule has 0 aliphatic heterocycles. The standard InChI is InChI=1S/C41H27N5/c42-36-24-23-29-19-17-28-18-22-32(25-35(28)37(29)38(36)43)33-13-7-8-14-34(33)41-45-39(30-11-5-2-6-12-30)44-40(46-41)31-20-15-27(16-21-31)26-9-3-1-4-10-26/h1-25,42-43H. The topological polar surface area (TPSA) is 86.4 Å². The van der Waals surface area contributed by atoms with Crippen molar-refractivity contribution in [2.75, 3.05) is 0 Å². The summed E-state index contributed by atoms with van der Waals surface area (Å²) in [5.74, 6) is 1.79. The third kappa shape index (κ3) is 4.90. The fourth-order valence-electron chi connectivity index (χ4n) is 6.03. The Labute approximate surface area is 266 Å². The van der Waals surface area contributed by atoms with E-state index in [0.29, 0.717) is 17.5 Å². The molecule has 216 valence electrons. The minimum Gasteiger partial charge on any atom is -0.299 e. The molecule has 6 aromatic carbocycles. The van der Waals surface area contributed by atoms with Crippen LogP contribution < -0.4 is 0 Å². The van der Waals surface area contributed by atoms with Gasteiger partial charge in [-0.3, -0.25) is 10.8 Å². The van der Waals surface area contributed by atoms with E-state index < -0.39 is 0 Å². The van der Waals surface area contributed by atoms with Crippen molar-refractivity contribution in [3.05, 3.63) is 157 Å². The van der Waals surface area contributed by atoms with Crippen LogP contribution in [0.4, 0.5) is 0 Å². The van der Waals surface area contributed by atoms with E-state index in [0.717, 1.165) is 60.8 Å². The van der Waals surface area contributed by atoms with E-state index in [1.165, 1.54) is 0 Å². The SMILES string of the molecule is N=C1C=Cc2ccc3ccc(-c4ccccc4-c4nc(-c5ccccc5)nc(-c5ccc(-c6ccccc6)cc5)n4)cc3c2C1=N. The zero-order chi connectivity index (χ0) is 31.0. The number of nitrogens with zero attached hydrogens (tertiary/aromatic N) is 3. The summed E-state index contributed by atoms with van der Waals surface area (Å²) in [4.78, 5) is 15.0. The van der Waals surface area contributed by atoms with Crippen LogP contribution in [0.2, 0.25) is 0 Å². The number of fused-ring (bicyclic) bond motifs is 3. The molecule has 5 heteroatoms. The molecule has 2 N–H and O–H groups in total. The zero-order valence-corrected chi connectivity index (χ0v) is 24.8. The Bertz CT molecular complexity index is 2320. The van der Waals surface area contributed by atoms with Gasteiger partial charge >= 0.3 is 0 Å². The van der Waals surface area contributed by atoms with Crippen molar-refractivity contribution in [2.24, 2.45) is 0 Å². The molecule has 1 aromatic heterocycles. The van der Waals surface area contributed by atoms with Crippen LogP contribution in [0.5, 0.6) is 0 Å². The molecule has 1 aliphatic carbocycles. The van der Waals surface area contributed by atoms with Crippen molar-refractivity contribution in [2.45, 2.75) is 0 Å². The van der Waals surface area contributed by atoms with Gasteiger partial charge in [-0.15, -0.1) is 0 Å². The Morgan fingerprint density at radius 3 is 1.65 bits per heavy atom. The van der Waals surface area contributed by atoms with Crippen molar-refractivity contribution in [1.29, 1.82) is 10.8 Å². The first-order valence-corrected chi connectivity index (χ1v) is 15.1. The predicted molar refractivity (Wildman–Crippen MR) is 188 cm³/mol. The van der Waals surface area contributed by atoms with Crippen molar-refractivity contribution < 1.29 is 0 Å². The first kappa shape index (κ1) is 27.2. The third-order valence-electron chi connectivity index (χ3n) is 8.40. The highest BCUT2D eigenvalue weighted by Crippen LogP contribution is 2.36. The van der Waals surface area contributed by atoms with E-state index in [9.17, 15) is 0 Å². The van der Waals surface area contributed by atoms with Crippen LogP contribution in [-0.4, -0.2) is 26.4 Å². The summed E-state index contributed by atoms with van der Waals surface area (Å²) in [7, 11) is 0. The number of benzene rings is 6. The lowest BCUT2D eigenvalue weighted by molar-refractivity contribution is 1.07. The van der Waals surface area contributed by atoms with Crippen molar-refractivity contribution in [3.63, 3.8) is 0 Å². The molecule has 5 nitrogen and oxygen atoms in total. The summed E-state index contributed by atoms with van der Waals surface area (Å²) in [5, 5.41) is 18.9. The van der Waals surface area contributed by atoms with Crippen molar-refractivity contribution in [1.82, 2.24) is 15.0 Å². The average molecular weight is 590 g/mol. The van der Waals surface area contributed by atoms with E-state index in [2.05, 4.69) is 66.7 Å². The van der Waals surface area contributed by atoms with Crippen LogP contribution in [0.15, 0.2) is 146 Å². The van der Waals surface area contributed by atoms with Gasteiger partial charge in [-0.2, -0.15) is 0 Å². The fraction of sp³-hybridized carbons (Fsp3) is 0. The number of rotatable bonds is 5. The zero-order valence-electron chi connectivity index (χ0n) is 24.8. The van der Waals surface area contributed by atoms with E-state index in [-0.39, 0.29) is 11.4 Å². The molecule has 46 heavy (non-hydrogen) atoms. The second-order valence-corrected chi connectivity index (χ2v) is 11.2. The molecule has 0 fully saturated rings. The Hall–Kier alpha value is -6.33. The number of allylic oxidation sites excluding steroid dienone is 1. The summed E-state index contributed by atoms with van der Waals surface area (Å²) in [6.45, 7) is 0. The van der Waals surface area contributed by atoms with E-state index in [4.69, 9.17) is 25.8 Å². The maximum Gasteiger partial charge on any atom is 0.164 e. The van der Waals surface area contributed by atoms with Crippen LogP contribution in [0.25, 0.3) is 73.3 Å². The Morgan fingerprint density at radius 2 is 0.935 bits per heavy atom. The summed E-state index contributed by atoms with van der Waals surface area (Å²) >= 11 is 0. The summed E-state index contributed by atoms with van der Waals surface area (Å²) in [5.41, 5.74) is 9.15. The van der Waals surface area contributed by atoms with Crippen molar-refractivity contribution >= 4 is 28.3 Å². The molecule has 0 unspecified atom stereocenters. The molecular formula is C41H27N5. The summed E-state index contributed by atoms with van der Waals surface area (Å²) < 4.78 is 0. The maximum atomic E-state index is 8.68. The molecule has 0 amide bonds. The lowest BCUT2D eigenvalue weighted by atomic mass is 9.87. The van der Waals surface area contributed by atoms with Gasteiger partial charge < -0.3 is 0 Å². The van der Waals surface area contributed by atoms with Crippen LogP contribution >= 0.6 is 0 Å². The molecule has 0 atom stereocenters. The van der Waals surface area contributed by atoms with Gasteiger partial charge in [0.1, 0.15) is 0 Å². The molecule has 0 radical (unpaired) electrons.